The van der Waals surface area contributed by atoms with Crippen molar-refractivity contribution in [2.24, 2.45) is 23.0 Å². The Labute approximate surface area is 179 Å². The summed E-state index contributed by atoms with van der Waals surface area (Å²) in [5.74, 6) is 1.45. The molecular formula is C21H27F3N6O. The minimum Gasteiger partial charge on any atom is -0.369 e. The predicted molar refractivity (Wildman–Crippen MR) is 110 cm³/mol. The third kappa shape index (κ3) is 6.11. The average molecular weight is 436 g/mol. The topological polar surface area (TPSA) is 107 Å². The number of aryl methyl sites for hydroxylation is 1. The largest absolute Gasteiger partial charge is 0.433 e. The highest BCUT2D eigenvalue weighted by Crippen LogP contribution is 2.38. The quantitative estimate of drug-likeness (QED) is 0.618. The average Bonchev–Trinajstić information content (AvgIpc) is 3.55. The van der Waals surface area contributed by atoms with Crippen LogP contribution in [0.5, 0.6) is 0 Å². The molecule has 2 heterocycles. The van der Waals surface area contributed by atoms with Crippen LogP contribution < -0.4 is 11.1 Å². The molecule has 7 nitrogen and oxygen atoms in total. The second-order valence-corrected chi connectivity index (χ2v) is 8.76. The van der Waals surface area contributed by atoms with E-state index < -0.39 is 23.2 Å². The number of nitrogens with two attached hydrogens (primary N) is 1. The van der Waals surface area contributed by atoms with E-state index in [1.165, 1.54) is 25.0 Å². The fourth-order valence-electron chi connectivity index (χ4n) is 3.09. The van der Waals surface area contributed by atoms with Gasteiger partial charge in [-0.3, -0.25) is 4.79 Å². The Bertz CT molecular complexity index is 943. The molecule has 168 valence electrons. The van der Waals surface area contributed by atoms with Gasteiger partial charge in [-0.2, -0.15) is 23.1 Å². The van der Waals surface area contributed by atoms with Crippen molar-refractivity contribution in [2.75, 3.05) is 11.9 Å². The number of hydrogen-bond acceptors (Lipinski definition) is 6. The molecule has 10 heteroatoms. The minimum atomic E-state index is -4.57. The number of pyridine rings is 1. The zero-order chi connectivity index (χ0) is 22.8. The van der Waals surface area contributed by atoms with E-state index in [9.17, 15) is 18.0 Å². The third-order valence-electron chi connectivity index (χ3n) is 5.56. The SMILES string of the molecule is C[C@@H](CCc1nc(NCC(C)(C)C(N)=O)nc(-c2cccc(C(F)(F)F)n2)n1)C1CC1. The van der Waals surface area contributed by atoms with E-state index in [-0.39, 0.29) is 24.0 Å². The van der Waals surface area contributed by atoms with Gasteiger partial charge in [0.25, 0.3) is 0 Å². The van der Waals surface area contributed by atoms with Gasteiger partial charge in [-0.05, 0) is 57.1 Å². The number of anilines is 1. The molecule has 1 aliphatic carbocycles. The molecule has 0 radical (unpaired) electrons. The highest BCUT2D eigenvalue weighted by Gasteiger charge is 2.33. The second-order valence-electron chi connectivity index (χ2n) is 8.76. The summed E-state index contributed by atoms with van der Waals surface area (Å²) in [6, 6.07) is 3.60. The van der Waals surface area contributed by atoms with Crippen molar-refractivity contribution in [3.63, 3.8) is 0 Å². The summed E-state index contributed by atoms with van der Waals surface area (Å²) in [7, 11) is 0. The van der Waals surface area contributed by atoms with Crippen LogP contribution in [-0.4, -0.2) is 32.4 Å². The summed E-state index contributed by atoms with van der Waals surface area (Å²) in [5, 5.41) is 2.97. The molecule has 31 heavy (non-hydrogen) atoms. The normalized spacial score (nSPS) is 15.5. The molecule has 1 saturated carbocycles. The van der Waals surface area contributed by atoms with Gasteiger partial charge in [0.1, 0.15) is 17.2 Å². The van der Waals surface area contributed by atoms with E-state index in [0.29, 0.717) is 18.2 Å². The van der Waals surface area contributed by atoms with Gasteiger partial charge in [0.2, 0.25) is 11.9 Å². The fraction of sp³-hybridized carbons (Fsp3) is 0.571. The van der Waals surface area contributed by atoms with Crippen LogP contribution in [0.15, 0.2) is 18.2 Å². The maximum atomic E-state index is 13.1. The summed E-state index contributed by atoms with van der Waals surface area (Å²) < 4.78 is 39.3. The molecule has 1 fully saturated rings. The van der Waals surface area contributed by atoms with E-state index in [4.69, 9.17) is 5.73 Å². The van der Waals surface area contributed by atoms with E-state index in [0.717, 1.165) is 18.4 Å². The molecule has 2 aromatic heterocycles. The van der Waals surface area contributed by atoms with Crippen molar-refractivity contribution < 1.29 is 18.0 Å². The van der Waals surface area contributed by atoms with Crippen molar-refractivity contribution in [1.29, 1.82) is 0 Å². The van der Waals surface area contributed by atoms with Crippen LogP contribution in [0, 0.1) is 17.3 Å². The third-order valence-corrected chi connectivity index (χ3v) is 5.56. The summed E-state index contributed by atoms with van der Waals surface area (Å²) in [4.78, 5) is 28.3. The minimum absolute atomic E-state index is 0.00549. The fourth-order valence-corrected chi connectivity index (χ4v) is 3.09. The Morgan fingerprint density at radius 1 is 1.19 bits per heavy atom. The van der Waals surface area contributed by atoms with Crippen LogP contribution >= 0.6 is 0 Å². The number of nitrogens with one attached hydrogen (secondary N) is 1. The van der Waals surface area contributed by atoms with Gasteiger partial charge in [0, 0.05) is 13.0 Å². The van der Waals surface area contributed by atoms with Crippen molar-refractivity contribution in [3.8, 4) is 11.5 Å². The van der Waals surface area contributed by atoms with Crippen LogP contribution in [0.25, 0.3) is 11.5 Å². The number of alkyl halides is 3. The molecule has 0 unspecified atom stereocenters. The number of amides is 1. The van der Waals surface area contributed by atoms with Crippen LogP contribution in [0.4, 0.5) is 19.1 Å². The molecule has 1 amide bonds. The van der Waals surface area contributed by atoms with E-state index in [1.807, 2.05) is 0 Å². The van der Waals surface area contributed by atoms with Crippen molar-refractivity contribution in [3.05, 3.63) is 29.7 Å². The van der Waals surface area contributed by atoms with Gasteiger partial charge < -0.3 is 11.1 Å². The Morgan fingerprint density at radius 3 is 2.52 bits per heavy atom. The van der Waals surface area contributed by atoms with Gasteiger partial charge in [-0.1, -0.05) is 13.0 Å². The zero-order valence-electron chi connectivity index (χ0n) is 17.8. The molecule has 0 saturated heterocycles. The number of aromatic nitrogens is 4. The molecule has 0 bridgehead atoms. The molecule has 0 aliphatic heterocycles. The number of carbonyl (C=O) groups is 1. The number of hydrogen-bond donors (Lipinski definition) is 2. The van der Waals surface area contributed by atoms with Gasteiger partial charge in [0.15, 0.2) is 5.82 Å². The molecular weight excluding hydrogens is 409 g/mol. The molecule has 3 N–H and O–H groups in total. The van der Waals surface area contributed by atoms with Gasteiger partial charge in [0.05, 0.1) is 5.41 Å². The molecule has 1 atom stereocenters. The van der Waals surface area contributed by atoms with Crippen LogP contribution in [0.2, 0.25) is 0 Å². The first-order valence-electron chi connectivity index (χ1n) is 10.3. The first kappa shape index (κ1) is 22.9. The Hall–Kier alpha value is -2.78. The highest BCUT2D eigenvalue weighted by molar-refractivity contribution is 5.80. The van der Waals surface area contributed by atoms with Crippen molar-refractivity contribution in [2.45, 2.75) is 52.6 Å². The van der Waals surface area contributed by atoms with E-state index in [2.05, 4.69) is 32.2 Å². The van der Waals surface area contributed by atoms with Crippen LogP contribution in [-0.2, 0) is 17.4 Å². The summed E-state index contributed by atoms with van der Waals surface area (Å²) >= 11 is 0. The molecule has 0 aromatic carbocycles. The summed E-state index contributed by atoms with van der Waals surface area (Å²) in [6.07, 6.45) is -0.673. The molecule has 0 spiro atoms. The Morgan fingerprint density at radius 2 is 1.90 bits per heavy atom. The smallest absolute Gasteiger partial charge is 0.369 e. The van der Waals surface area contributed by atoms with Crippen molar-refractivity contribution in [1.82, 2.24) is 19.9 Å². The zero-order valence-corrected chi connectivity index (χ0v) is 17.8. The second kappa shape index (κ2) is 8.76. The Kier molecular flexibility index (Phi) is 6.47. The van der Waals surface area contributed by atoms with E-state index in [1.54, 1.807) is 13.8 Å². The number of halogens is 3. The number of rotatable bonds is 9. The lowest BCUT2D eigenvalue weighted by atomic mass is 9.93. The van der Waals surface area contributed by atoms with E-state index >= 15 is 0 Å². The standard InChI is InChI=1S/C21H27F3N6O/c1-12(13-8-9-13)7-10-16-28-17(14-5-4-6-15(27-14)21(22,23)24)30-19(29-16)26-11-20(2,3)18(25)31/h4-6,12-13H,7-11H2,1-3H3,(H2,25,31)(H,26,28,29,30)/t12-/m0/s1. The maximum absolute atomic E-state index is 13.1. The molecule has 2 aromatic rings. The monoisotopic (exact) mass is 436 g/mol. The lowest BCUT2D eigenvalue weighted by Gasteiger charge is -2.21. The van der Waals surface area contributed by atoms with Gasteiger partial charge in [-0.15, -0.1) is 0 Å². The van der Waals surface area contributed by atoms with Crippen LogP contribution in [0.3, 0.4) is 0 Å². The number of nitrogens with zero attached hydrogens (tertiary/aromatic N) is 4. The Balaban J connectivity index is 1.89. The molecule has 1 aliphatic rings. The maximum Gasteiger partial charge on any atom is 0.433 e. The first-order chi connectivity index (χ1) is 14.5. The molecule has 3 rings (SSSR count). The summed E-state index contributed by atoms with van der Waals surface area (Å²) in [6.45, 7) is 5.70. The summed E-state index contributed by atoms with van der Waals surface area (Å²) in [5.41, 5.74) is 3.54. The first-order valence-corrected chi connectivity index (χ1v) is 10.3. The van der Waals surface area contributed by atoms with Crippen molar-refractivity contribution >= 4 is 11.9 Å². The highest BCUT2D eigenvalue weighted by atomic mass is 19.4. The lowest BCUT2D eigenvalue weighted by Crippen LogP contribution is -2.37. The number of carbonyl (C=O) groups excluding carboxylic acids is 1. The predicted octanol–water partition coefficient (Wildman–Crippen LogP) is 3.85. The number of primary amides is 1. The lowest BCUT2D eigenvalue weighted by molar-refractivity contribution is -0.141. The van der Waals surface area contributed by atoms with Gasteiger partial charge >= 0.3 is 6.18 Å². The van der Waals surface area contributed by atoms with Gasteiger partial charge in [-0.25, -0.2) is 9.97 Å². The van der Waals surface area contributed by atoms with Crippen LogP contribution in [0.1, 0.15) is 51.6 Å².